The smallest absolute Gasteiger partial charge is 0.0727 e. The SMILES string of the molecule is CCNCc1cc(COCC2CC2)c(C)s1. The van der Waals surface area contributed by atoms with E-state index in [1.165, 1.54) is 28.2 Å². The zero-order valence-electron chi connectivity index (χ0n) is 10.2. The van der Waals surface area contributed by atoms with Crippen molar-refractivity contribution >= 4 is 11.3 Å². The topological polar surface area (TPSA) is 21.3 Å². The maximum atomic E-state index is 5.73. The molecule has 0 aromatic carbocycles. The van der Waals surface area contributed by atoms with Gasteiger partial charge in [0.1, 0.15) is 0 Å². The van der Waals surface area contributed by atoms with E-state index in [9.17, 15) is 0 Å². The summed E-state index contributed by atoms with van der Waals surface area (Å²) in [5, 5.41) is 3.36. The van der Waals surface area contributed by atoms with Crippen LogP contribution < -0.4 is 5.32 Å². The normalized spacial score (nSPS) is 15.6. The molecule has 0 unspecified atom stereocenters. The van der Waals surface area contributed by atoms with Crippen LogP contribution >= 0.6 is 11.3 Å². The van der Waals surface area contributed by atoms with Crippen molar-refractivity contribution in [2.75, 3.05) is 13.2 Å². The highest BCUT2D eigenvalue weighted by Crippen LogP contribution is 2.29. The maximum Gasteiger partial charge on any atom is 0.0727 e. The van der Waals surface area contributed by atoms with E-state index in [1.54, 1.807) is 0 Å². The Kier molecular flexibility index (Phi) is 4.38. The fourth-order valence-electron chi connectivity index (χ4n) is 1.69. The average molecular weight is 239 g/mol. The van der Waals surface area contributed by atoms with Gasteiger partial charge in [0.15, 0.2) is 0 Å². The third kappa shape index (κ3) is 3.58. The number of aryl methyl sites for hydroxylation is 1. The van der Waals surface area contributed by atoms with Crippen LogP contribution in [-0.4, -0.2) is 13.2 Å². The lowest BCUT2D eigenvalue weighted by Gasteiger charge is -2.01. The standard InChI is InChI=1S/C13H21NOS/c1-3-14-7-13-6-12(10(2)16-13)9-15-8-11-4-5-11/h6,11,14H,3-5,7-9H2,1-2H3. The molecule has 0 spiro atoms. The van der Waals surface area contributed by atoms with Crippen LogP contribution in [0.25, 0.3) is 0 Å². The quantitative estimate of drug-likeness (QED) is 0.789. The Morgan fingerprint density at radius 1 is 1.50 bits per heavy atom. The number of nitrogens with one attached hydrogen (secondary N) is 1. The number of ether oxygens (including phenoxy) is 1. The predicted molar refractivity (Wildman–Crippen MR) is 68.8 cm³/mol. The molecule has 0 saturated heterocycles. The molecule has 1 aromatic heterocycles. The monoisotopic (exact) mass is 239 g/mol. The van der Waals surface area contributed by atoms with Gasteiger partial charge in [-0.3, -0.25) is 0 Å². The van der Waals surface area contributed by atoms with Gasteiger partial charge in [-0.2, -0.15) is 0 Å². The molecule has 3 heteroatoms. The summed E-state index contributed by atoms with van der Waals surface area (Å²) in [5.74, 6) is 0.861. The molecule has 1 aliphatic rings. The maximum absolute atomic E-state index is 5.73. The van der Waals surface area contributed by atoms with Gasteiger partial charge in [-0.1, -0.05) is 6.92 Å². The first-order chi connectivity index (χ1) is 7.79. The van der Waals surface area contributed by atoms with Crippen LogP contribution in [0.2, 0.25) is 0 Å². The van der Waals surface area contributed by atoms with Crippen LogP contribution in [0.3, 0.4) is 0 Å². The lowest BCUT2D eigenvalue weighted by Crippen LogP contribution is -2.10. The summed E-state index contributed by atoms with van der Waals surface area (Å²) in [5.41, 5.74) is 1.37. The van der Waals surface area contributed by atoms with Crippen molar-refractivity contribution < 1.29 is 4.74 Å². The zero-order valence-corrected chi connectivity index (χ0v) is 11.0. The molecular formula is C13H21NOS. The van der Waals surface area contributed by atoms with Gasteiger partial charge in [0, 0.05) is 22.9 Å². The Hall–Kier alpha value is -0.380. The first kappa shape index (κ1) is 12.1. The highest BCUT2D eigenvalue weighted by molar-refractivity contribution is 7.12. The minimum absolute atomic E-state index is 0.797. The molecule has 1 saturated carbocycles. The summed E-state index contributed by atoms with van der Waals surface area (Å²) in [7, 11) is 0. The van der Waals surface area contributed by atoms with Gasteiger partial charge in [0.2, 0.25) is 0 Å². The highest BCUT2D eigenvalue weighted by Gasteiger charge is 2.21. The van der Waals surface area contributed by atoms with E-state index < -0.39 is 0 Å². The molecule has 90 valence electrons. The largest absolute Gasteiger partial charge is 0.376 e. The second-order valence-electron chi connectivity index (χ2n) is 4.53. The second-order valence-corrected chi connectivity index (χ2v) is 5.87. The molecule has 0 bridgehead atoms. The Bertz CT molecular complexity index is 331. The summed E-state index contributed by atoms with van der Waals surface area (Å²) in [6.07, 6.45) is 2.74. The fraction of sp³-hybridized carbons (Fsp3) is 0.692. The molecule has 1 aliphatic carbocycles. The highest BCUT2D eigenvalue weighted by atomic mass is 32.1. The Labute approximate surface area is 102 Å². The number of hydrogen-bond donors (Lipinski definition) is 1. The van der Waals surface area contributed by atoms with Crippen molar-refractivity contribution in [1.82, 2.24) is 5.32 Å². The third-order valence-electron chi connectivity index (χ3n) is 2.93. The Morgan fingerprint density at radius 3 is 3.00 bits per heavy atom. The third-order valence-corrected chi connectivity index (χ3v) is 4.02. The minimum atomic E-state index is 0.797. The van der Waals surface area contributed by atoms with Gasteiger partial charge in [-0.05, 0) is 43.9 Å². The summed E-state index contributed by atoms with van der Waals surface area (Å²) in [6.45, 7) is 8.11. The number of rotatable bonds is 7. The van der Waals surface area contributed by atoms with Crippen molar-refractivity contribution in [3.8, 4) is 0 Å². The Morgan fingerprint density at radius 2 is 2.31 bits per heavy atom. The van der Waals surface area contributed by atoms with Crippen LogP contribution in [0.5, 0.6) is 0 Å². The van der Waals surface area contributed by atoms with Gasteiger partial charge in [-0.25, -0.2) is 0 Å². The molecule has 0 aliphatic heterocycles. The second kappa shape index (κ2) is 5.80. The van der Waals surface area contributed by atoms with Gasteiger partial charge >= 0.3 is 0 Å². The summed E-state index contributed by atoms with van der Waals surface area (Å²) in [6, 6.07) is 2.29. The molecule has 0 radical (unpaired) electrons. The molecule has 16 heavy (non-hydrogen) atoms. The van der Waals surface area contributed by atoms with Gasteiger partial charge in [0.25, 0.3) is 0 Å². The molecule has 1 aromatic rings. The van der Waals surface area contributed by atoms with Crippen molar-refractivity contribution in [1.29, 1.82) is 0 Å². The van der Waals surface area contributed by atoms with Crippen molar-refractivity contribution in [3.05, 3.63) is 21.4 Å². The van der Waals surface area contributed by atoms with Crippen LogP contribution in [0.15, 0.2) is 6.07 Å². The van der Waals surface area contributed by atoms with E-state index in [0.29, 0.717) is 0 Å². The molecule has 2 nitrogen and oxygen atoms in total. The number of hydrogen-bond acceptors (Lipinski definition) is 3. The average Bonchev–Trinajstić information content (AvgIpc) is 3.02. The van der Waals surface area contributed by atoms with Crippen LogP contribution in [-0.2, 0) is 17.9 Å². The summed E-state index contributed by atoms with van der Waals surface area (Å²) in [4.78, 5) is 2.83. The van der Waals surface area contributed by atoms with Gasteiger partial charge < -0.3 is 10.1 Å². The fourth-order valence-corrected chi connectivity index (χ4v) is 2.70. The summed E-state index contributed by atoms with van der Waals surface area (Å²) < 4.78 is 5.73. The van der Waals surface area contributed by atoms with Crippen LogP contribution in [0.4, 0.5) is 0 Å². The van der Waals surface area contributed by atoms with E-state index >= 15 is 0 Å². The van der Waals surface area contributed by atoms with Gasteiger partial charge in [0.05, 0.1) is 6.61 Å². The van der Waals surface area contributed by atoms with Crippen molar-refractivity contribution in [2.24, 2.45) is 5.92 Å². The first-order valence-electron chi connectivity index (χ1n) is 6.16. The van der Waals surface area contributed by atoms with E-state index in [-0.39, 0.29) is 0 Å². The molecule has 1 heterocycles. The lowest BCUT2D eigenvalue weighted by atomic mass is 10.2. The summed E-state index contributed by atoms with van der Waals surface area (Å²) >= 11 is 1.89. The Balaban J connectivity index is 1.79. The molecule has 1 N–H and O–H groups in total. The molecular weight excluding hydrogens is 218 g/mol. The van der Waals surface area contributed by atoms with E-state index in [0.717, 1.165) is 32.2 Å². The minimum Gasteiger partial charge on any atom is -0.376 e. The first-order valence-corrected chi connectivity index (χ1v) is 6.98. The zero-order chi connectivity index (χ0) is 11.4. The van der Waals surface area contributed by atoms with Crippen LogP contribution in [0.1, 0.15) is 35.1 Å². The molecule has 0 amide bonds. The van der Waals surface area contributed by atoms with Gasteiger partial charge in [-0.15, -0.1) is 11.3 Å². The lowest BCUT2D eigenvalue weighted by molar-refractivity contribution is 0.111. The predicted octanol–water partition coefficient (Wildman–Crippen LogP) is 3.09. The molecule has 0 atom stereocenters. The molecule has 1 fully saturated rings. The van der Waals surface area contributed by atoms with Crippen molar-refractivity contribution in [3.63, 3.8) is 0 Å². The number of thiophene rings is 1. The molecule has 2 rings (SSSR count). The van der Waals surface area contributed by atoms with E-state index in [1.807, 2.05) is 11.3 Å². The van der Waals surface area contributed by atoms with Crippen LogP contribution in [0, 0.1) is 12.8 Å². The van der Waals surface area contributed by atoms with E-state index in [4.69, 9.17) is 4.74 Å². The van der Waals surface area contributed by atoms with Crippen molar-refractivity contribution in [2.45, 2.75) is 39.8 Å². The van der Waals surface area contributed by atoms with E-state index in [2.05, 4.69) is 25.2 Å².